The van der Waals surface area contributed by atoms with Gasteiger partial charge in [-0.1, -0.05) is 96.1 Å². The molecule has 0 radical (unpaired) electrons. The van der Waals surface area contributed by atoms with Crippen molar-refractivity contribution in [2.24, 2.45) is 0 Å². The fourth-order valence-corrected chi connectivity index (χ4v) is 4.26. The van der Waals surface area contributed by atoms with Crippen LogP contribution in [-0.2, 0) is 10.8 Å². The zero-order valence-corrected chi connectivity index (χ0v) is 22.1. The van der Waals surface area contributed by atoms with Gasteiger partial charge in [0.25, 0.3) is 0 Å². The molecule has 3 nitrogen and oxygen atoms in total. The van der Waals surface area contributed by atoms with Gasteiger partial charge in [-0.15, -0.1) is 0 Å². The first-order valence-corrected chi connectivity index (χ1v) is 12.4. The van der Waals surface area contributed by atoms with E-state index in [1.807, 2.05) is 12.1 Å². The van der Waals surface area contributed by atoms with Crippen molar-refractivity contribution >= 4 is 11.8 Å². The second-order valence-electron chi connectivity index (χ2n) is 11.3. The van der Waals surface area contributed by atoms with Gasteiger partial charge >= 0.3 is 0 Å². The smallest absolute Gasteiger partial charge is 0.119 e. The zero-order valence-electron chi connectivity index (χ0n) is 22.1. The number of nitrogens with one attached hydrogen (secondary N) is 1. The molecule has 0 saturated heterocycles. The molecule has 0 amide bonds. The van der Waals surface area contributed by atoms with Gasteiger partial charge in [0, 0.05) is 0 Å². The molecule has 1 aliphatic rings. The SMILES string of the molecule is COc1ccc(N2NC(C=Cc3ccc(C(C)(C)C)cc3)=CC2c2ccc(C(C)(C)C)cc2)cc1. The Morgan fingerprint density at radius 2 is 1.26 bits per heavy atom. The fourth-order valence-electron chi connectivity index (χ4n) is 4.26. The quantitative estimate of drug-likeness (QED) is 0.413. The summed E-state index contributed by atoms with van der Waals surface area (Å²) in [4.78, 5) is 0. The van der Waals surface area contributed by atoms with Crippen LogP contribution in [0.2, 0.25) is 0 Å². The van der Waals surface area contributed by atoms with E-state index < -0.39 is 0 Å². The molecule has 4 rings (SSSR count). The largest absolute Gasteiger partial charge is 0.497 e. The highest BCUT2D eigenvalue weighted by Gasteiger charge is 2.26. The van der Waals surface area contributed by atoms with E-state index >= 15 is 0 Å². The number of allylic oxidation sites excluding steroid dienone is 1. The Bertz CT molecular complexity index is 1190. The zero-order chi connectivity index (χ0) is 25.2. The third kappa shape index (κ3) is 5.79. The lowest BCUT2D eigenvalue weighted by Gasteiger charge is -2.28. The molecule has 0 fully saturated rings. The van der Waals surface area contributed by atoms with Crippen LogP contribution in [0, 0.1) is 0 Å². The van der Waals surface area contributed by atoms with Crippen LogP contribution in [0.5, 0.6) is 5.75 Å². The summed E-state index contributed by atoms with van der Waals surface area (Å²) in [5.74, 6) is 0.853. The van der Waals surface area contributed by atoms with Gasteiger partial charge in [0.05, 0.1) is 24.5 Å². The predicted octanol–water partition coefficient (Wildman–Crippen LogP) is 7.95. The summed E-state index contributed by atoms with van der Waals surface area (Å²) in [6.45, 7) is 13.5. The minimum Gasteiger partial charge on any atom is -0.497 e. The van der Waals surface area contributed by atoms with Crippen molar-refractivity contribution in [1.82, 2.24) is 5.43 Å². The molecule has 0 bridgehead atoms. The molecule has 1 unspecified atom stereocenters. The van der Waals surface area contributed by atoms with Crippen LogP contribution in [0.1, 0.15) is 69.8 Å². The summed E-state index contributed by atoms with van der Waals surface area (Å²) in [5, 5.41) is 2.22. The number of anilines is 1. The van der Waals surface area contributed by atoms with Crippen molar-refractivity contribution in [3.05, 3.63) is 113 Å². The summed E-state index contributed by atoms with van der Waals surface area (Å²) >= 11 is 0. The molecule has 1 heterocycles. The van der Waals surface area contributed by atoms with Gasteiger partial charge in [-0.05, 0) is 69.5 Å². The van der Waals surface area contributed by atoms with Gasteiger partial charge in [0.1, 0.15) is 5.75 Å². The van der Waals surface area contributed by atoms with E-state index in [0.717, 1.165) is 17.1 Å². The number of ether oxygens (including phenoxy) is 1. The molecule has 3 aromatic rings. The Morgan fingerprint density at radius 1 is 0.714 bits per heavy atom. The Labute approximate surface area is 211 Å². The minimum atomic E-state index is 0.0836. The molecular weight excluding hydrogens is 428 g/mol. The topological polar surface area (TPSA) is 24.5 Å². The van der Waals surface area contributed by atoms with Crippen molar-refractivity contribution in [1.29, 1.82) is 0 Å². The first kappa shape index (κ1) is 24.7. The van der Waals surface area contributed by atoms with E-state index in [2.05, 4.69) is 131 Å². The summed E-state index contributed by atoms with van der Waals surface area (Å²) in [7, 11) is 1.70. The molecule has 3 heteroatoms. The molecule has 0 aliphatic carbocycles. The number of nitrogens with zero attached hydrogens (tertiary/aromatic N) is 1. The maximum Gasteiger partial charge on any atom is 0.119 e. The molecule has 1 atom stereocenters. The number of methoxy groups -OCH3 is 1. The number of hydrazine groups is 1. The second-order valence-corrected chi connectivity index (χ2v) is 11.3. The normalized spacial score (nSPS) is 16.4. The molecule has 0 spiro atoms. The summed E-state index contributed by atoms with van der Waals surface area (Å²) < 4.78 is 5.36. The molecule has 1 N–H and O–H groups in total. The molecular formula is C32H38N2O. The summed E-state index contributed by atoms with van der Waals surface area (Å²) in [6.07, 6.45) is 6.62. The highest BCUT2D eigenvalue weighted by atomic mass is 16.5. The maximum absolute atomic E-state index is 5.36. The Hall–Kier alpha value is -3.46. The van der Waals surface area contributed by atoms with Crippen molar-refractivity contribution in [3.63, 3.8) is 0 Å². The van der Waals surface area contributed by atoms with E-state index in [-0.39, 0.29) is 16.9 Å². The van der Waals surface area contributed by atoms with Crippen LogP contribution >= 0.6 is 0 Å². The maximum atomic E-state index is 5.36. The lowest BCUT2D eigenvalue weighted by atomic mass is 9.86. The van der Waals surface area contributed by atoms with Crippen LogP contribution in [0.4, 0.5) is 5.69 Å². The van der Waals surface area contributed by atoms with E-state index in [0.29, 0.717) is 0 Å². The highest BCUT2D eigenvalue weighted by molar-refractivity contribution is 5.59. The number of hydrogen-bond donors (Lipinski definition) is 1. The highest BCUT2D eigenvalue weighted by Crippen LogP contribution is 2.34. The second kappa shape index (κ2) is 9.65. The van der Waals surface area contributed by atoms with E-state index in [9.17, 15) is 0 Å². The van der Waals surface area contributed by atoms with Crippen molar-refractivity contribution < 1.29 is 4.74 Å². The van der Waals surface area contributed by atoms with Gasteiger partial charge in [0.2, 0.25) is 0 Å². The third-order valence-corrected chi connectivity index (χ3v) is 6.57. The van der Waals surface area contributed by atoms with Crippen LogP contribution < -0.4 is 15.2 Å². The van der Waals surface area contributed by atoms with Crippen molar-refractivity contribution in [2.75, 3.05) is 12.1 Å². The average Bonchev–Trinajstić information content (AvgIpc) is 3.26. The van der Waals surface area contributed by atoms with Crippen LogP contribution in [0.3, 0.4) is 0 Å². The van der Waals surface area contributed by atoms with Crippen LogP contribution in [0.15, 0.2) is 90.6 Å². The Kier molecular flexibility index (Phi) is 6.80. The Balaban J connectivity index is 1.62. The molecule has 182 valence electrons. The Morgan fingerprint density at radius 3 is 1.77 bits per heavy atom. The standard InChI is InChI=1S/C32H38N2O/c1-31(2,3)25-13-8-23(9-14-25)10-17-27-22-30(24-11-15-26(16-12-24)32(4,5)6)34(33-27)28-18-20-29(35-7)21-19-28/h8-22,30,33H,1-7H3. The summed E-state index contributed by atoms with van der Waals surface area (Å²) in [5.41, 5.74) is 11.2. The molecule has 3 aromatic carbocycles. The van der Waals surface area contributed by atoms with Crippen molar-refractivity contribution in [3.8, 4) is 5.75 Å². The molecule has 1 aliphatic heterocycles. The fraction of sp³-hybridized carbons (Fsp3) is 0.312. The lowest BCUT2D eigenvalue weighted by molar-refractivity contribution is 0.415. The molecule has 0 saturated carbocycles. The van der Waals surface area contributed by atoms with Gasteiger partial charge in [-0.2, -0.15) is 0 Å². The molecule has 0 aromatic heterocycles. The van der Waals surface area contributed by atoms with Gasteiger partial charge in [-0.3, -0.25) is 10.4 Å². The van der Waals surface area contributed by atoms with Crippen molar-refractivity contribution in [2.45, 2.75) is 58.4 Å². The monoisotopic (exact) mass is 466 g/mol. The van der Waals surface area contributed by atoms with Crippen LogP contribution in [0.25, 0.3) is 6.08 Å². The first-order valence-electron chi connectivity index (χ1n) is 12.4. The number of hydrogen-bond acceptors (Lipinski definition) is 3. The third-order valence-electron chi connectivity index (χ3n) is 6.57. The van der Waals surface area contributed by atoms with E-state index in [4.69, 9.17) is 4.74 Å². The number of rotatable bonds is 5. The average molecular weight is 467 g/mol. The minimum absolute atomic E-state index is 0.0836. The van der Waals surface area contributed by atoms with Crippen LogP contribution in [-0.4, -0.2) is 7.11 Å². The van der Waals surface area contributed by atoms with Gasteiger partial charge in [0.15, 0.2) is 0 Å². The van der Waals surface area contributed by atoms with E-state index in [1.54, 1.807) is 7.11 Å². The van der Waals surface area contributed by atoms with Gasteiger partial charge in [-0.25, -0.2) is 0 Å². The predicted molar refractivity (Wildman–Crippen MR) is 149 cm³/mol. The molecule has 35 heavy (non-hydrogen) atoms. The van der Waals surface area contributed by atoms with E-state index in [1.165, 1.54) is 22.3 Å². The van der Waals surface area contributed by atoms with Gasteiger partial charge < -0.3 is 4.74 Å². The lowest BCUT2D eigenvalue weighted by Crippen LogP contribution is -2.34. The first-order chi connectivity index (χ1) is 16.5. The summed E-state index contributed by atoms with van der Waals surface area (Å²) in [6, 6.07) is 26.1. The number of benzene rings is 3.